The molecule has 0 saturated heterocycles. The molecule has 1 heterocycles. The normalized spacial score (nSPS) is 16.4. The number of carbonyl (C=O) groups excluding carboxylic acids is 1. The Morgan fingerprint density at radius 1 is 1.28 bits per heavy atom. The number of hydrogen-bond donors (Lipinski definition) is 1. The second-order valence-corrected chi connectivity index (χ2v) is 4.04. The zero-order valence-electron chi connectivity index (χ0n) is 9.42. The van der Waals surface area contributed by atoms with Gasteiger partial charge < -0.3 is 5.32 Å². The standard InChI is InChI=1S/C12H11F3N2O/c13-12(14,15)11-7-9(4-5-16-11)17-8-2-1-3-10(18)6-8/h4-7H,1-3H2,(H,16,17). The van der Waals surface area contributed by atoms with Gasteiger partial charge in [0.25, 0.3) is 0 Å². The first-order chi connectivity index (χ1) is 8.45. The van der Waals surface area contributed by atoms with Crippen molar-refractivity contribution in [3.05, 3.63) is 35.8 Å². The lowest BCUT2D eigenvalue weighted by Crippen LogP contribution is -2.11. The maximum absolute atomic E-state index is 12.4. The van der Waals surface area contributed by atoms with E-state index in [4.69, 9.17) is 0 Å². The Balaban J connectivity index is 2.17. The SMILES string of the molecule is O=C1C=C(Nc2ccnc(C(F)(F)F)c2)CCC1. The van der Waals surface area contributed by atoms with Crippen LogP contribution in [0.2, 0.25) is 0 Å². The van der Waals surface area contributed by atoms with Crippen molar-refractivity contribution in [2.45, 2.75) is 25.4 Å². The van der Waals surface area contributed by atoms with Crippen LogP contribution in [-0.2, 0) is 11.0 Å². The van der Waals surface area contributed by atoms with Gasteiger partial charge in [-0.05, 0) is 25.0 Å². The van der Waals surface area contributed by atoms with E-state index in [1.165, 1.54) is 12.1 Å². The lowest BCUT2D eigenvalue weighted by molar-refractivity contribution is -0.141. The number of aromatic nitrogens is 1. The Morgan fingerprint density at radius 3 is 2.72 bits per heavy atom. The van der Waals surface area contributed by atoms with Gasteiger partial charge in [0, 0.05) is 30.1 Å². The maximum atomic E-state index is 12.4. The summed E-state index contributed by atoms with van der Waals surface area (Å²) in [5.74, 6) is -0.00569. The predicted molar refractivity (Wildman–Crippen MR) is 59.8 cm³/mol. The molecule has 0 unspecified atom stereocenters. The average Bonchev–Trinajstić information content (AvgIpc) is 2.28. The number of alkyl halides is 3. The Morgan fingerprint density at radius 2 is 2.06 bits per heavy atom. The summed E-state index contributed by atoms with van der Waals surface area (Å²) < 4.78 is 37.3. The van der Waals surface area contributed by atoms with Gasteiger partial charge in [-0.25, -0.2) is 0 Å². The molecule has 1 aliphatic carbocycles. The van der Waals surface area contributed by atoms with Crippen LogP contribution >= 0.6 is 0 Å². The quantitative estimate of drug-likeness (QED) is 0.883. The second kappa shape index (κ2) is 4.80. The molecule has 0 radical (unpaired) electrons. The minimum absolute atomic E-state index is 0.00569. The zero-order valence-corrected chi connectivity index (χ0v) is 9.42. The molecular formula is C12H11F3N2O. The zero-order chi connectivity index (χ0) is 13.2. The third-order valence-corrected chi connectivity index (χ3v) is 2.56. The Kier molecular flexibility index (Phi) is 3.36. The average molecular weight is 256 g/mol. The Hall–Kier alpha value is -1.85. The molecule has 0 saturated carbocycles. The van der Waals surface area contributed by atoms with E-state index >= 15 is 0 Å². The van der Waals surface area contributed by atoms with Gasteiger partial charge in [-0.2, -0.15) is 13.2 Å². The number of nitrogens with one attached hydrogen (secondary N) is 1. The summed E-state index contributed by atoms with van der Waals surface area (Å²) in [6, 6.07) is 2.37. The van der Waals surface area contributed by atoms with Gasteiger partial charge in [-0.1, -0.05) is 0 Å². The number of allylic oxidation sites excluding steroid dienone is 2. The molecule has 0 atom stereocenters. The number of pyridine rings is 1. The van der Waals surface area contributed by atoms with Crippen LogP contribution in [0.25, 0.3) is 0 Å². The van der Waals surface area contributed by atoms with Crippen LogP contribution < -0.4 is 5.32 Å². The van der Waals surface area contributed by atoms with Crippen LogP contribution in [0.1, 0.15) is 25.0 Å². The molecule has 1 N–H and O–H groups in total. The molecule has 0 aromatic carbocycles. The molecule has 0 spiro atoms. The summed E-state index contributed by atoms with van der Waals surface area (Å²) in [4.78, 5) is 14.4. The number of rotatable bonds is 2. The molecule has 1 aromatic heterocycles. The molecule has 18 heavy (non-hydrogen) atoms. The fourth-order valence-corrected chi connectivity index (χ4v) is 1.74. The molecule has 0 bridgehead atoms. The summed E-state index contributed by atoms with van der Waals surface area (Å²) in [5, 5.41) is 2.82. The molecule has 96 valence electrons. The van der Waals surface area contributed by atoms with Crippen molar-refractivity contribution in [1.82, 2.24) is 4.98 Å². The van der Waals surface area contributed by atoms with Crippen molar-refractivity contribution in [1.29, 1.82) is 0 Å². The van der Waals surface area contributed by atoms with Gasteiger partial charge >= 0.3 is 6.18 Å². The molecule has 3 nitrogen and oxygen atoms in total. The lowest BCUT2D eigenvalue weighted by Gasteiger charge is -2.15. The van der Waals surface area contributed by atoms with Crippen LogP contribution in [0.4, 0.5) is 18.9 Å². The smallest absolute Gasteiger partial charge is 0.359 e. The van der Waals surface area contributed by atoms with Crippen molar-refractivity contribution in [3.8, 4) is 0 Å². The van der Waals surface area contributed by atoms with E-state index in [2.05, 4.69) is 10.3 Å². The van der Waals surface area contributed by atoms with Gasteiger partial charge in [0.05, 0.1) is 0 Å². The fraction of sp³-hybridized carbons (Fsp3) is 0.333. The summed E-state index contributed by atoms with van der Waals surface area (Å²) in [7, 11) is 0. The van der Waals surface area contributed by atoms with Crippen LogP contribution in [0.5, 0.6) is 0 Å². The highest BCUT2D eigenvalue weighted by molar-refractivity contribution is 5.91. The van der Waals surface area contributed by atoms with Gasteiger partial charge in [-0.15, -0.1) is 0 Å². The first-order valence-corrected chi connectivity index (χ1v) is 5.49. The third kappa shape index (κ3) is 3.09. The number of halogens is 3. The fourth-order valence-electron chi connectivity index (χ4n) is 1.74. The van der Waals surface area contributed by atoms with Crippen molar-refractivity contribution in [2.24, 2.45) is 0 Å². The van der Waals surface area contributed by atoms with Gasteiger partial charge in [-0.3, -0.25) is 9.78 Å². The highest BCUT2D eigenvalue weighted by Crippen LogP contribution is 2.29. The minimum Gasteiger partial charge on any atom is -0.359 e. The minimum atomic E-state index is -4.46. The Labute approximate surface area is 102 Å². The molecule has 0 fully saturated rings. The second-order valence-electron chi connectivity index (χ2n) is 4.04. The van der Waals surface area contributed by atoms with E-state index in [1.807, 2.05) is 0 Å². The summed E-state index contributed by atoms with van der Waals surface area (Å²) in [6.45, 7) is 0. The van der Waals surface area contributed by atoms with Crippen molar-refractivity contribution in [3.63, 3.8) is 0 Å². The van der Waals surface area contributed by atoms with Crippen LogP contribution in [-0.4, -0.2) is 10.8 Å². The number of hydrogen-bond acceptors (Lipinski definition) is 3. The molecular weight excluding hydrogens is 245 g/mol. The number of nitrogens with zero attached hydrogens (tertiary/aromatic N) is 1. The highest BCUT2D eigenvalue weighted by atomic mass is 19.4. The summed E-state index contributed by atoms with van der Waals surface area (Å²) in [5.41, 5.74) is -0.0147. The molecule has 1 aromatic rings. The largest absolute Gasteiger partial charge is 0.433 e. The monoisotopic (exact) mass is 256 g/mol. The lowest BCUT2D eigenvalue weighted by atomic mass is 10.0. The molecule has 2 rings (SSSR count). The van der Waals surface area contributed by atoms with Crippen LogP contribution in [0, 0.1) is 0 Å². The van der Waals surface area contributed by atoms with E-state index in [9.17, 15) is 18.0 Å². The highest BCUT2D eigenvalue weighted by Gasteiger charge is 2.32. The van der Waals surface area contributed by atoms with Gasteiger partial charge in [0.1, 0.15) is 5.69 Å². The third-order valence-electron chi connectivity index (χ3n) is 2.56. The van der Waals surface area contributed by atoms with Gasteiger partial charge in [0.15, 0.2) is 5.78 Å². The maximum Gasteiger partial charge on any atom is 0.433 e. The molecule has 0 amide bonds. The predicted octanol–water partition coefficient (Wildman–Crippen LogP) is 3.15. The first kappa shape index (κ1) is 12.6. The van der Waals surface area contributed by atoms with E-state index in [0.717, 1.165) is 18.7 Å². The van der Waals surface area contributed by atoms with Crippen LogP contribution in [0.3, 0.4) is 0 Å². The van der Waals surface area contributed by atoms with E-state index in [-0.39, 0.29) is 5.78 Å². The Bertz CT molecular complexity index is 494. The van der Waals surface area contributed by atoms with Crippen molar-refractivity contribution in [2.75, 3.05) is 5.32 Å². The molecule has 0 aliphatic heterocycles. The molecule has 1 aliphatic rings. The van der Waals surface area contributed by atoms with E-state index in [0.29, 0.717) is 24.2 Å². The topological polar surface area (TPSA) is 42.0 Å². The number of ketones is 1. The van der Waals surface area contributed by atoms with E-state index < -0.39 is 11.9 Å². The van der Waals surface area contributed by atoms with Gasteiger partial charge in [0.2, 0.25) is 0 Å². The van der Waals surface area contributed by atoms with Crippen molar-refractivity contribution >= 4 is 11.5 Å². The number of carbonyl (C=O) groups is 1. The first-order valence-electron chi connectivity index (χ1n) is 5.49. The van der Waals surface area contributed by atoms with Crippen molar-refractivity contribution < 1.29 is 18.0 Å². The number of anilines is 1. The summed E-state index contributed by atoms with van der Waals surface area (Å²) in [6.07, 6.45) is -0.0539. The summed E-state index contributed by atoms with van der Waals surface area (Å²) >= 11 is 0. The van der Waals surface area contributed by atoms with E-state index in [1.54, 1.807) is 0 Å². The molecule has 6 heteroatoms. The van der Waals surface area contributed by atoms with Crippen LogP contribution in [0.15, 0.2) is 30.1 Å².